The second-order valence-corrected chi connectivity index (χ2v) is 3.33. The Balaban J connectivity index is 2.42. The Labute approximate surface area is 95.4 Å². The molecule has 0 unspecified atom stereocenters. The third kappa shape index (κ3) is 1.76. The van der Waals surface area contributed by atoms with Crippen molar-refractivity contribution < 1.29 is 24.6 Å². The maximum atomic E-state index is 11.4. The summed E-state index contributed by atoms with van der Waals surface area (Å²) >= 11 is 0. The Morgan fingerprint density at radius 2 is 1.76 bits per heavy atom. The van der Waals surface area contributed by atoms with Crippen LogP contribution in [0, 0.1) is 0 Å². The Morgan fingerprint density at radius 1 is 1.18 bits per heavy atom. The molecule has 6 nitrogen and oxygen atoms in total. The van der Waals surface area contributed by atoms with Gasteiger partial charge in [0.25, 0.3) is 11.8 Å². The molecule has 1 aliphatic rings. The van der Waals surface area contributed by atoms with E-state index in [0.29, 0.717) is 0 Å². The van der Waals surface area contributed by atoms with Crippen molar-refractivity contribution in [3.8, 4) is 5.75 Å². The number of carboxylic acid groups (broad SMARTS) is 1. The van der Waals surface area contributed by atoms with Crippen LogP contribution in [0.5, 0.6) is 5.75 Å². The highest BCUT2D eigenvalue weighted by molar-refractivity contribution is 6.28. The average molecular weight is 232 g/mol. The van der Waals surface area contributed by atoms with Crippen molar-refractivity contribution in [3.05, 3.63) is 35.9 Å². The third-order valence-electron chi connectivity index (χ3n) is 2.26. The minimum absolute atomic E-state index is 0.0694. The molecule has 0 bridgehead atoms. The summed E-state index contributed by atoms with van der Waals surface area (Å²) in [5, 5.41) is 20.1. The SMILES string of the molecule is O=C(O)c1ccc(N2C(=O)C=CC2=O)cc1[O-]. The number of carboxylic acids is 1. The first kappa shape index (κ1) is 10.9. The van der Waals surface area contributed by atoms with Gasteiger partial charge in [-0.2, -0.15) is 0 Å². The zero-order valence-corrected chi connectivity index (χ0v) is 8.41. The Morgan fingerprint density at radius 3 is 2.24 bits per heavy atom. The molecule has 1 heterocycles. The van der Waals surface area contributed by atoms with E-state index in [2.05, 4.69) is 0 Å². The van der Waals surface area contributed by atoms with Crippen molar-refractivity contribution in [2.24, 2.45) is 0 Å². The van der Waals surface area contributed by atoms with E-state index in [0.717, 1.165) is 29.2 Å². The molecule has 1 N–H and O–H groups in total. The molecule has 2 rings (SSSR count). The zero-order valence-electron chi connectivity index (χ0n) is 8.41. The van der Waals surface area contributed by atoms with E-state index in [1.807, 2.05) is 0 Å². The first-order valence-corrected chi connectivity index (χ1v) is 4.61. The lowest BCUT2D eigenvalue weighted by Gasteiger charge is -2.17. The van der Waals surface area contributed by atoms with Crippen molar-refractivity contribution in [1.29, 1.82) is 0 Å². The van der Waals surface area contributed by atoms with Gasteiger partial charge in [0.05, 0.1) is 11.3 Å². The molecule has 0 aromatic heterocycles. The summed E-state index contributed by atoms with van der Waals surface area (Å²) in [7, 11) is 0. The predicted molar refractivity (Wildman–Crippen MR) is 54.5 cm³/mol. The van der Waals surface area contributed by atoms with E-state index in [-0.39, 0.29) is 5.69 Å². The van der Waals surface area contributed by atoms with Crippen molar-refractivity contribution >= 4 is 23.5 Å². The van der Waals surface area contributed by atoms with Crippen LogP contribution >= 0.6 is 0 Å². The van der Waals surface area contributed by atoms with Gasteiger partial charge in [-0.3, -0.25) is 9.59 Å². The molecule has 0 saturated carbocycles. The minimum Gasteiger partial charge on any atom is -0.872 e. The van der Waals surface area contributed by atoms with E-state index in [1.165, 1.54) is 6.07 Å². The second kappa shape index (κ2) is 3.75. The number of imide groups is 1. The number of aromatic carboxylic acids is 1. The van der Waals surface area contributed by atoms with Gasteiger partial charge in [0.15, 0.2) is 0 Å². The smallest absolute Gasteiger partial charge is 0.335 e. The molecule has 17 heavy (non-hydrogen) atoms. The molecule has 0 atom stereocenters. The summed E-state index contributed by atoms with van der Waals surface area (Å²) in [6.07, 6.45) is 2.16. The van der Waals surface area contributed by atoms with Gasteiger partial charge >= 0.3 is 5.97 Å². The molecule has 0 spiro atoms. The van der Waals surface area contributed by atoms with E-state index in [4.69, 9.17) is 5.11 Å². The van der Waals surface area contributed by atoms with Crippen LogP contribution in [0.3, 0.4) is 0 Å². The fourth-order valence-corrected chi connectivity index (χ4v) is 1.48. The van der Waals surface area contributed by atoms with E-state index in [1.54, 1.807) is 0 Å². The molecule has 1 aromatic carbocycles. The van der Waals surface area contributed by atoms with Crippen LogP contribution < -0.4 is 10.0 Å². The molecule has 0 radical (unpaired) electrons. The number of hydrogen-bond acceptors (Lipinski definition) is 4. The molecule has 6 heteroatoms. The molecule has 0 aliphatic carbocycles. The van der Waals surface area contributed by atoms with Crippen LogP contribution in [-0.2, 0) is 9.59 Å². The van der Waals surface area contributed by atoms with Gasteiger partial charge in [0.2, 0.25) is 0 Å². The van der Waals surface area contributed by atoms with Gasteiger partial charge in [-0.25, -0.2) is 9.69 Å². The summed E-state index contributed by atoms with van der Waals surface area (Å²) in [6, 6.07) is 3.26. The highest BCUT2D eigenvalue weighted by Crippen LogP contribution is 2.24. The minimum atomic E-state index is -1.35. The summed E-state index contributed by atoms with van der Waals surface area (Å²) in [6.45, 7) is 0. The number of benzene rings is 1. The van der Waals surface area contributed by atoms with Gasteiger partial charge in [-0.15, -0.1) is 0 Å². The number of amides is 2. The number of anilines is 1. The largest absolute Gasteiger partial charge is 0.872 e. The zero-order chi connectivity index (χ0) is 12.6. The first-order chi connectivity index (χ1) is 8.00. The summed E-state index contributed by atoms with van der Waals surface area (Å²) in [4.78, 5) is 34.1. The molecular weight excluding hydrogens is 226 g/mol. The van der Waals surface area contributed by atoms with Gasteiger partial charge < -0.3 is 10.2 Å². The van der Waals surface area contributed by atoms with E-state index >= 15 is 0 Å². The van der Waals surface area contributed by atoms with Crippen LogP contribution in [0.1, 0.15) is 10.4 Å². The first-order valence-electron chi connectivity index (χ1n) is 4.61. The van der Waals surface area contributed by atoms with Crippen molar-refractivity contribution in [1.82, 2.24) is 0 Å². The number of nitrogens with zero attached hydrogens (tertiary/aromatic N) is 1. The average Bonchev–Trinajstić information content (AvgIpc) is 2.58. The van der Waals surface area contributed by atoms with Gasteiger partial charge in [-0.1, -0.05) is 5.75 Å². The lowest BCUT2D eigenvalue weighted by Crippen LogP contribution is -2.29. The Kier molecular flexibility index (Phi) is 2.40. The second-order valence-electron chi connectivity index (χ2n) is 3.33. The van der Waals surface area contributed by atoms with Gasteiger partial charge in [-0.05, 0) is 18.2 Å². The monoisotopic (exact) mass is 232 g/mol. The third-order valence-corrected chi connectivity index (χ3v) is 2.26. The number of carbonyl (C=O) groups excluding carboxylic acids is 2. The van der Waals surface area contributed by atoms with Crippen molar-refractivity contribution in [2.45, 2.75) is 0 Å². The summed E-state index contributed by atoms with van der Waals surface area (Å²) in [5.41, 5.74) is -0.333. The normalized spacial score (nSPS) is 14.5. The Hall–Kier alpha value is -2.63. The number of rotatable bonds is 2. The standard InChI is InChI=1S/C11H7NO5/c13-8-5-6(1-2-7(8)11(16)17)12-9(14)3-4-10(12)15/h1-5,13H,(H,16,17)/p-1. The molecule has 1 aromatic rings. The maximum absolute atomic E-state index is 11.4. The lowest BCUT2D eigenvalue weighted by molar-refractivity contribution is -0.268. The molecule has 0 saturated heterocycles. The fraction of sp³-hybridized carbons (Fsp3) is 0. The molecular formula is C11H6NO5-. The van der Waals surface area contributed by atoms with E-state index in [9.17, 15) is 19.5 Å². The van der Waals surface area contributed by atoms with Crippen LogP contribution in [0.25, 0.3) is 0 Å². The molecule has 86 valence electrons. The highest BCUT2D eigenvalue weighted by Gasteiger charge is 2.25. The number of carbonyl (C=O) groups is 3. The summed E-state index contributed by atoms with van der Waals surface area (Å²) in [5.74, 6) is -3.21. The fourth-order valence-electron chi connectivity index (χ4n) is 1.48. The Bertz CT molecular complexity index is 543. The maximum Gasteiger partial charge on any atom is 0.335 e. The molecule has 2 amide bonds. The summed E-state index contributed by atoms with van der Waals surface area (Å²) < 4.78 is 0. The van der Waals surface area contributed by atoms with Crippen molar-refractivity contribution in [2.75, 3.05) is 4.90 Å². The predicted octanol–water partition coefficient (Wildman–Crippen LogP) is -0.112. The van der Waals surface area contributed by atoms with Crippen LogP contribution in [0.2, 0.25) is 0 Å². The van der Waals surface area contributed by atoms with Crippen LogP contribution in [-0.4, -0.2) is 22.9 Å². The molecule has 1 aliphatic heterocycles. The quantitative estimate of drug-likeness (QED) is 0.717. The van der Waals surface area contributed by atoms with Gasteiger partial charge in [0.1, 0.15) is 0 Å². The molecule has 0 fully saturated rings. The van der Waals surface area contributed by atoms with Crippen LogP contribution in [0.4, 0.5) is 5.69 Å². The van der Waals surface area contributed by atoms with E-state index < -0.39 is 29.1 Å². The topological polar surface area (TPSA) is 97.7 Å². The van der Waals surface area contributed by atoms with Crippen LogP contribution in [0.15, 0.2) is 30.4 Å². The lowest BCUT2D eigenvalue weighted by atomic mass is 10.1. The van der Waals surface area contributed by atoms with Crippen molar-refractivity contribution in [3.63, 3.8) is 0 Å². The highest BCUT2D eigenvalue weighted by atomic mass is 16.4. The number of hydrogen-bond donors (Lipinski definition) is 1. The van der Waals surface area contributed by atoms with Gasteiger partial charge in [0, 0.05) is 12.2 Å².